The summed E-state index contributed by atoms with van der Waals surface area (Å²) in [5, 5.41) is 7.94. The summed E-state index contributed by atoms with van der Waals surface area (Å²) in [6, 6.07) is 6.66. The fourth-order valence-electron chi connectivity index (χ4n) is 1.48. The highest BCUT2D eigenvalue weighted by molar-refractivity contribution is 7.99. The van der Waals surface area contributed by atoms with Crippen LogP contribution in [0.5, 0.6) is 0 Å². The Kier molecular flexibility index (Phi) is 4.52. The van der Waals surface area contributed by atoms with E-state index >= 15 is 0 Å². The van der Waals surface area contributed by atoms with Crippen LogP contribution in [0.4, 0.5) is 8.78 Å². The lowest BCUT2D eigenvalue weighted by atomic mass is 10.2. The first kappa shape index (κ1) is 15.1. The van der Waals surface area contributed by atoms with Gasteiger partial charge in [0.1, 0.15) is 17.5 Å². The van der Waals surface area contributed by atoms with Crippen molar-refractivity contribution in [1.82, 2.24) is 0 Å². The van der Waals surface area contributed by atoms with Crippen LogP contribution in [0, 0.1) is 17.0 Å². The summed E-state index contributed by atoms with van der Waals surface area (Å²) in [6.07, 6.45) is 0. The largest absolute Gasteiger partial charge is 0.384 e. The Labute approximate surface area is 128 Å². The van der Waals surface area contributed by atoms with Crippen LogP contribution in [0.2, 0.25) is 10.0 Å². The first-order chi connectivity index (χ1) is 9.38. The molecule has 2 aromatic carbocycles. The maximum Gasteiger partial charge on any atom is 0.140 e. The molecular weight excluding hydrogens is 325 g/mol. The molecule has 0 bridgehead atoms. The number of halogens is 4. The highest BCUT2D eigenvalue weighted by Gasteiger charge is 2.15. The van der Waals surface area contributed by atoms with Gasteiger partial charge in [-0.05, 0) is 30.3 Å². The quantitative estimate of drug-likeness (QED) is 0.631. The summed E-state index contributed by atoms with van der Waals surface area (Å²) >= 11 is 12.6. The average molecular weight is 333 g/mol. The third-order valence-corrected chi connectivity index (χ3v) is 4.24. The van der Waals surface area contributed by atoms with Gasteiger partial charge in [0.15, 0.2) is 0 Å². The predicted molar refractivity (Wildman–Crippen MR) is 78.0 cm³/mol. The predicted octanol–water partition coefficient (Wildman–Crippen LogP) is 4.71. The van der Waals surface area contributed by atoms with Crippen molar-refractivity contribution in [3.05, 3.63) is 57.6 Å². The van der Waals surface area contributed by atoms with E-state index in [1.54, 1.807) is 12.1 Å². The molecule has 0 saturated carbocycles. The number of benzene rings is 2. The van der Waals surface area contributed by atoms with Gasteiger partial charge in [-0.1, -0.05) is 35.0 Å². The minimum Gasteiger partial charge on any atom is -0.384 e. The molecule has 0 atom stereocenters. The number of nitrogen functional groups attached to an aromatic ring is 1. The van der Waals surface area contributed by atoms with Crippen LogP contribution in [0.1, 0.15) is 5.56 Å². The van der Waals surface area contributed by atoms with Gasteiger partial charge in [0.2, 0.25) is 0 Å². The molecule has 0 aliphatic rings. The number of nitrogens with two attached hydrogens (primary N) is 1. The van der Waals surface area contributed by atoms with Gasteiger partial charge in [0.05, 0.1) is 9.92 Å². The number of rotatable bonds is 3. The molecule has 0 heterocycles. The van der Waals surface area contributed by atoms with Crippen LogP contribution in [-0.4, -0.2) is 5.84 Å². The molecule has 2 rings (SSSR count). The molecule has 0 aliphatic heterocycles. The number of hydrogen-bond acceptors (Lipinski definition) is 2. The third kappa shape index (κ3) is 3.23. The smallest absolute Gasteiger partial charge is 0.140 e. The zero-order chi connectivity index (χ0) is 14.9. The molecule has 0 aromatic heterocycles. The lowest BCUT2D eigenvalue weighted by Crippen LogP contribution is -2.12. The topological polar surface area (TPSA) is 49.9 Å². The van der Waals surface area contributed by atoms with Gasteiger partial charge in [-0.15, -0.1) is 0 Å². The normalized spacial score (nSPS) is 10.6. The van der Waals surface area contributed by atoms with Gasteiger partial charge in [-0.3, -0.25) is 5.41 Å². The molecule has 20 heavy (non-hydrogen) atoms. The Hall–Kier alpha value is -1.30. The van der Waals surface area contributed by atoms with Gasteiger partial charge < -0.3 is 5.73 Å². The van der Waals surface area contributed by atoms with E-state index in [4.69, 9.17) is 34.3 Å². The molecule has 104 valence electrons. The monoisotopic (exact) mass is 332 g/mol. The maximum absolute atomic E-state index is 13.9. The van der Waals surface area contributed by atoms with Crippen molar-refractivity contribution in [1.29, 1.82) is 5.41 Å². The summed E-state index contributed by atoms with van der Waals surface area (Å²) < 4.78 is 27.8. The Balaban J connectivity index is 2.44. The van der Waals surface area contributed by atoms with Crippen molar-refractivity contribution in [2.75, 3.05) is 0 Å². The van der Waals surface area contributed by atoms with Gasteiger partial charge in [0.25, 0.3) is 0 Å². The van der Waals surface area contributed by atoms with Gasteiger partial charge in [0, 0.05) is 15.5 Å². The molecule has 0 unspecified atom stereocenters. The van der Waals surface area contributed by atoms with E-state index in [1.807, 2.05) is 0 Å². The highest BCUT2D eigenvalue weighted by Crippen LogP contribution is 2.37. The molecule has 0 spiro atoms. The summed E-state index contributed by atoms with van der Waals surface area (Å²) in [4.78, 5) is 0.215. The Morgan fingerprint density at radius 1 is 1.10 bits per heavy atom. The van der Waals surface area contributed by atoms with Crippen LogP contribution >= 0.6 is 35.0 Å². The Morgan fingerprint density at radius 2 is 1.70 bits per heavy atom. The first-order valence-electron chi connectivity index (χ1n) is 5.35. The summed E-state index contributed by atoms with van der Waals surface area (Å²) in [7, 11) is 0. The second kappa shape index (κ2) is 5.99. The fraction of sp³-hybridized carbons (Fsp3) is 0. The van der Waals surface area contributed by atoms with Crippen LogP contribution in [0.15, 0.2) is 40.1 Å². The molecule has 0 aliphatic carbocycles. The molecule has 0 saturated heterocycles. The average Bonchev–Trinajstić information content (AvgIpc) is 2.37. The zero-order valence-electron chi connectivity index (χ0n) is 9.88. The highest BCUT2D eigenvalue weighted by atomic mass is 35.5. The van der Waals surface area contributed by atoms with Gasteiger partial charge in [-0.25, -0.2) is 8.78 Å². The minimum absolute atomic E-state index is 0.0125. The maximum atomic E-state index is 13.9. The van der Waals surface area contributed by atoms with Crippen LogP contribution in [-0.2, 0) is 0 Å². The van der Waals surface area contributed by atoms with Crippen LogP contribution in [0.25, 0.3) is 0 Å². The van der Waals surface area contributed by atoms with E-state index in [0.29, 0.717) is 14.9 Å². The lowest BCUT2D eigenvalue weighted by molar-refractivity contribution is 0.540. The first-order valence-corrected chi connectivity index (χ1v) is 6.92. The van der Waals surface area contributed by atoms with E-state index in [9.17, 15) is 8.78 Å². The molecule has 0 amide bonds. The Bertz CT molecular complexity index is 669. The standard InChI is InChI=1S/C13H8Cl2F2N2S/c14-7-1-2-8(15)11(5-7)20-12-9(16)3-6(13(18)19)4-10(12)17/h1-5H,(H3,18,19). The molecule has 0 fully saturated rings. The van der Waals surface area contributed by atoms with E-state index < -0.39 is 17.5 Å². The summed E-state index contributed by atoms with van der Waals surface area (Å²) in [6.45, 7) is 0. The number of hydrogen-bond donors (Lipinski definition) is 2. The molecule has 3 N–H and O–H groups in total. The summed E-state index contributed by atoms with van der Waals surface area (Å²) in [5.74, 6) is -2.02. The van der Waals surface area contributed by atoms with E-state index in [2.05, 4.69) is 0 Å². The zero-order valence-corrected chi connectivity index (χ0v) is 12.2. The van der Waals surface area contributed by atoms with Crippen molar-refractivity contribution in [2.24, 2.45) is 5.73 Å². The van der Waals surface area contributed by atoms with Crippen molar-refractivity contribution in [2.45, 2.75) is 9.79 Å². The van der Waals surface area contributed by atoms with Crippen molar-refractivity contribution < 1.29 is 8.78 Å². The van der Waals surface area contributed by atoms with Gasteiger partial charge in [-0.2, -0.15) is 0 Å². The third-order valence-electron chi connectivity index (χ3n) is 2.41. The van der Waals surface area contributed by atoms with E-state index in [1.165, 1.54) is 6.07 Å². The van der Waals surface area contributed by atoms with Crippen LogP contribution in [0.3, 0.4) is 0 Å². The van der Waals surface area contributed by atoms with Crippen LogP contribution < -0.4 is 5.73 Å². The molecule has 2 nitrogen and oxygen atoms in total. The van der Waals surface area contributed by atoms with Crippen molar-refractivity contribution in [3.8, 4) is 0 Å². The number of amidine groups is 1. The molecule has 7 heteroatoms. The second-order valence-electron chi connectivity index (χ2n) is 3.86. The van der Waals surface area contributed by atoms with E-state index in [0.717, 1.165) is 23.9 Å². The molecule has 0 radical (unpaired) electrons. The minimum atomic E-state index is -0.809. The molecule has 2 aromatic rings. The fourth-order valence-corrected chi connectivity index (χ4v) is 2.83. The van der Waals surface area contributed by atoms with Gasteiger partial charge >= 0.3 is 0 Å². The van der Waals surface area contributed by atoms with E-state index in [-0.39, 0.29) is 10.5 Å². The summed E-state index contributed by atoms with van der Waals surface area (Å²) in [5.41, 5.74) is 5.19. The van der Waals surface area contributed by atoms with Crippen molar-refractivity contribution in [3.63, 3.8) is 0 Å². The van der Waals surface area contributed by atoms with Crippen molar-refractivity contribution >= 4 is 40.8 Å². The SMILES string of the molecule is N=C(N)c1cc(F)c(Sc2cc(Cl)ccc2Cl)c(F)c1. The second-order valence-corrected chi connectivity index (χ2v) is 5.76. The lowest BCUT2D eigenvalue weighted by Gasteiger charge is -2.08. The number of nitrogens with one attached hydrogen (secondary N) is 1. The molecular formula is C13H8Cl2F2N2S. The Morgan fingerprint density at radius 3 is 2.25 bits per heavy atom.